The molecule has 0 aliphatic carbocycles. The van der Waals surface area contributed by atoms with E-state index in [0.717, 1.165) is 0 Å². The van der Waals surface area contributed by atoms with Gasteiger partial charge in [0, 0.05) is 30.9 Å². The molecule has 2 heterocycles. The average molecular weight is 502 g/mol. The molecule has 0 saturated heterocycles. The molecule has 3 aromatic carbocycles. The minimum atomic E-state index is -1.81. The number of fused-ring (bicyclic) bond motifs is 1. The Morgan fingerprint density at radius 3 is 2.08 bits per heavy atom. The first kappa shape index (κ1) is 24.3. The van der Waals surface area contributed by atoms with Gasteiger partial charge in [-0.1, -0.05) is 24.3 Å². The Hall–Kier alpha value is -4.37. The Morgan fingerprint density at radius 1 is 0.919 bits per heavy atom. The Balaban J connectivity index is 1.63. The van der Waals surface area contributed by atoms with Gasteiger partial charge in [0.15, 0.2) is 17.2 Å². The molecule has 37 heavy (non-hydrogen) atoms. The smallest absolute Gasteiger partial charge is 0.256 e. The quantitative estimate of drug-likeness (QED) is 0.326. The summed E-state index contributed by atoms with van der Waals surface area (Å²) in [6.45, 7) is 4.95. The number of halogens is 2. The number of benzene rings is 3. The minimum absolute atomic E-state index is 0.266. The number of nitrogens with zero attached hydrogens (tertiary/aromatic N) is 4. The summed E-state index contributed by atoms with van der Waals surface area (Å²) in [7, 11) is 0. The predicted molar refractivity (Wildman–Crippen MR) is 136 cm³/mol. The highest BCUT2D eigenvalue weighted by atomic mass is 19.1. The molecular formula is C28H25F2N5O2. The first-order valence-electron chi connectivity index (χ1n) is 11.9. The molecule has 0 fully saturated rings. The fourth-order valence-corrected chi connectivity index (χ4v) is 4.46. The van der Waals surface area contributed by atoms with Gasteiger partial charge in [0.25, 0.3) is 5.91 Å². The lowest BCUT2D eigenvalue weighted by molar-refractivity contribution is 0.102. The van der Waals surface area contributed by atoms with E-state index in [4.69, 9.17) is 4.98 Å². The van der Waals surface area contributed by atoms with Crippen LogP contribution >= 0.6 is 0 Å². The van der Waals surface area contributed by atoms with Crippen LogP contribution in [0.15, 0.2) is 79.0 Å². The fraction of sp³-hybridized carbons (Fsp3) is 0.179. The zero-order valence-corrected chi connectivity index (χ0v) is 20.3. The number of imidazole rings is 1. The number of nitrogens with one attached hydrogen (secondary N) is 1. The molecule has 0 aliphatic heterocycles. The zero-order valence-electron chi connectivity index (χ0n) is 20.3. The van der Waals surface area contributed by atoms with Crippen LogP contribution in [0.2, 0.25) is 0 Å². The van der Waals surface area contributed by atoms with Gasteiger partial charge in [0.1, 0.15) is 11.6 Å². The van der Waals surface area contributed by atoms with E-state index in [0.29, 0.717) is 46.6 Å². The second-order valence-electron chi connectivity index (χ2n) is 8.62. The first-order chi connectivity index (χ1) is 17.8. The van der Waals surface area contributed by atoms with Crippen molar-refractivity contribution < 1.29 is 18.7 Å². The molecular weight excluding hydrogens is 476 g/mol. The number of anilines is 1. The van der Waals surface area contributed by atoms with Crippen molar-refractivity contribution >= 4 is 22.8 Å². The van der Waals surface area contributed by atoms with E-state index in [9.17, 15) is 18.7 Å². The van der Waals surface area contributed by atoms with Crippen molar-refractivity contribution in [2.45, 2.75) is 32.5 Å². The summed E-state index contributed by atoms with van der Waals surface area (Å²) >= 11 is 0. The normalized spacial score (nSPS) is 11.7. The molecule has 0 aliphatic rings. The van der Waals surface area contributed by atoms with Gasteiger partial charge < -0.3 is 15.0 Å². The monoisotopic (exact) mass is 501 g/mol. The van der Waals surface area contributed by atoms with E-state index in [1.807, 2.05) is 13.8 Å². The third-order valence-electron chi connectivity index (χ3n) is 6.38. The molecule has 0 bridgehead atoms. The van der Waals surface area contributed by atoms with E-state index in [1.165, 1.54) is 48.5 Å². The molecule has 9 heteroatoms. The van der Waals surface area contributed by atoms with Gasteiger partial charge in [-0.3, -0.25) is 9.48 Å². The van der Waals surface area contributed by atoms with Crippen LogP contribution in [0.1, 0.15) is 41.2 Å². The van der Waals surface area contributed by atoms with E-state index in [1.54, 1.807) is 39.7 Å². The molecule has 2 N–H and O–H groups in total. The Bertz CT molecular complexity index is 1530. The van der Waals surface area contributed by atoms with Crippen LogP contribution in [0.4, 0.5) is 14.6 Å². The van der Waals surface area contributed by atoms with Gasteiger partial charge in [-0.2, -0.15) is 5.10 Å². The number of amides is 1. The number of aliphatic hydroxyl groups is 1. The maximum atomic E-state index is 13.7. The number of aromatic nitrogens is 4. The van der Waals surface area contributed by atoms with E-state index in [-0.39, 0.29) is 11.7 Å². The molecule has 2 aromatic heterocycles. The van der Waals surface area contributed by atoms with Crippen molar-refractivity contribution in [2.75, 3.05) is 5.32 Å². The fourth-order valence-electron chi connectivity index (χ4n) is 4.46. The molecule has 5 aromatic rings. The molecule has 188 valence electrons. The van der Waals surface area contributed by atoms with E-state index in [2.05, 4.69) is 10.4 Å². The minimum Gasteiger partial charge on any atom is -0.373 e. The van der Waals surface area contributed by atoms with Gasteiger partial charge in [-0.15, -0.1) is 0 Å². The Labute approximate surface area is 212 Å². The van der Waals surface area contributed by atoms with Crippen LogP contribution < -0.4 is 5.32 Å². The van der Waals surface area contributed by atoms with Crippen molar-refractivity contribution in [1.29, 1.82) is 0 Å². The first-order valence-corrected chi connectivity index (χ1v) is 11.9. The number of carbonyl (C=O) groups excluding carboxylic acids is 1. The van der Waals surface area contributed by atoms with Crippen molar-refractivity contribution in [3.63, 3.8) is 0 Å². The van der Waals surface area contributed by atoms with Crippen LogP contribution in [0.3, 0.4) is 0 Å². The third-order valence-corrected chi connectivity index (χ3v) is 6.38. The van der Waals surface area contributed by atoms with E-state index < -0.39 is 17.2 Å². The Morgan fingerprint density at radius 2 is 1.54 bits per heavy atom. The number of hydrogen-bond acceptors (Lipinski definition) is 4. The predicted octanol–water partition coefficient (Wildman–Crippen LogP) is 5.09. The van der Waals surface area contributed by atoms with Crippen molar-refractivity contribution in [3.05, 3.63) is 113 Å². The summed E-state index contributed by atoms with van der Waals surface area (Å²) in [6.07, 6.45) is 1.78. The van der Waals surface area contributed by atoms with Crippen LogP contribution in [0.25, 0.3) is 11.0 Å². The highest BCUT2D eigenvalue weighted by Crippen LogP contribution is 2.38. The van der Waals surface area contributed by atoms with Crippen molar-refractivity contribution in [2.24, 2.45) is 0 Å². The topological polar surface area (TPSA) is 85.0 Å². The summed E-state index contributed by atoms with van der Waals surface area (Å²) in [5, 5.41) is 19.3. The summed E-state index contributed by atoms with van der Waals surface area (Å²) in [5.41, 5.74) is 0.515. The van der Waals surface area contributed by atoms with Gasteiger partial charge in [0.2, 0.25) is 0 Å². The van der Waals surface area contributed by atoms with Crippen molar-refractivity contribution in [3.8, 4) is 0 Å². The largest absolute Gasteiger partial charge is 0.373 e. The third kappa shape index (κ3) is 4.38. The van der Waals surface area contributed by atoms with Crippen LogP contribution in [-0.2, 0) is 18.7 Å². The Kier molecular flexibility index (Phi) is 6.31. The molecule has 0 atom stereocenters. The lowest BCUT2D eigenvalue weighted by Gasteiger charge is -2.29. The molecule has 0 radical (unpaired) electrons. The number of carbonyl (C=O) groups is 1. The van der Waals surface area contributed by atoms with Gasteiger partial charge in [-0.05, 0) is 67.4 Å². The summed E-state index contributed by atoms with van der Waals surface area (Å²) in [4.78, 5) is 17.7. The lowest BCUT2D eigenvalue weighted by Crippen LogP contribution is -2.32. The summed E-state index contributed by atoms with van der Waals surface area (Å²) < 4.78 is 31.0. The molecule has 0 spiro atoms. The van der Waals surface area contributed by atoms with Crippen molar-refractivity contribution in [1.82, 2.24) is 19.3 Å². The summed E-state index contributed by atoms with van der Waals surface area (Å²) in [5.74, 6) is -0.524. The molecule has 1 amide bonds. The molecule has 5 rings (SSSR count). The summed E-state index contributed by atoms with van der Waals surface area (Å²) in [6, 6.07) is 17.7. The van der Waals surface area contributed by atoms with Gasteiger partial charge >= 0.3 is 0 Å². The zero-order chi connectivity index (χ0) is 26.2. The standard InChI is InChI=1S/C28H25F2N5O2/c1-3-34-16-15-25(33-34)32-26(36)18-5-14-23-24(17-18)35(4-2)27(31-23)28(37,19-6-10-21(29)11-7-19)20-8-12-22(30)13-9-20/h5-17,37H,3-4H2,1-2H3,(H,32,33,36). The second-order valence-corrected chi connectivity index (χ2v) is 8.62. The maximum absolute atomic E-state index is 13.7. The second kappa shape index (κ2) is 9.59. The van der Waals surface area contributed by atoms with Gasteiger partial charge in [0.05, 0.1) is 11.0 Å². The molecule has 7 nitrogen and oxygen atoms in total. The number of rotatable bonds is 7. The SMILES string of the molecule is CCn1ccc(NC(=O)c2ccc3nc(C(O)(c4ccc(F)cc4)c4ccc(F)cc4)n(CC)c3c2)n1. The highest BCUT2D eigenvalue weighted by Gasteiger charge is 2.39. The number of aryl methyl sites for hydroxylation is 2. The van der Waals surface area contributed by atoms with Crippen LogP contribution in [-0.4, -0.2) is 30.3 Å². The highest BCUT2D eigenvalue weighted by molar-refractivity contribution is 6.05. The van der Waals surface area contributed by atoms with Crippen LogP contribution in [0.5, 0.6) is 0 Å². The molecule has 0 unspecified atom stereocenters. The number of hydrogen-bond donors (Lipinski definition) is 2. The average Bonchev–Trinajstić information content (AvgIpc) is 3.52. The van der Waals surface area contributed by atoms with Gasteiger partial charge in [-0.25, -0.2) is 13.8 Å². The van der Waals surface area contributed by atoms with E-state index >= 15 is 0 Å². The maximum Gasteiger partial charge on any atom is 0.256 e. The lowest BCUT2D eigenvalue weighted by atomic mass is 9.85. The van der Waals surface area contributed by atoms with Crippen LogP contribution in [0, 0.1) is 11.6 Å². The molecule has 0 saturated carbocycles.